The van der Waals surface area contributed by atoms with Crippen molar-refractivity contribution >= 4 is 16.6 Å². The van der Waals surface area contributed by atoms with Crippen LogP contribution in [0.1, 0.15) is 25.7 Å². The van der Waals surface area contributed by atoms with Gasteiger partial charge in [-0.15, -0.1) is 0 Å². The fraction of sp³-hybridized carbons (Fsp3) is 0.400. The number of nitrogens with one attached hydrogen (secondary N) is 1. The molecule has 0 spiro atoms. The maximum atomic E-state index is 9.49. The van der Waals surface area contributed by atoms with Crippen LogP contribution in [0.5, 0.6) is 0 Å². The molecule has 0 unspecified atom stereocenters. The van der Waals surface area contributed by atoms with Crippen molar-refractivity contribution in [3.63, 3.8) is 0 Å². The van der Waals surface area contributed by atoms with Gasteiger partial charge in [0.05, 0.1) is 6.10 Å². The van der Waals surface area contributed by atoms with E-state index in [-0.39, 0.29) is 6.10 Å². The SMILES string of the molecule is O[C@H]1CC[C@H](Nc2cc3ccccc3cn2)CC1. The van der Waals surface area contributed by atoms with Crippen LogP contribution in [0.2, 0.25) is 0 Å². The lowest BCUT2D eigenvalue weighted by molar-refractivity contribution is 0.126. The fourth-order valence-electron chi connectivity index (χ4n) is 2.59. The molecule has 0 bridgehead atoms. The van der Waals surface area contributed by atoms with Gasteiger partial charge in [0.1, 0.15) is 5.82 Å². The summed E-state index contributed by atoms with van der Waals surface area (Å²) in [7, 11) is 0. The lowest BCUT2D eigenvalue weighted by Gasteiger charge is -2.26. The minimum Gasteiger partial charge on any atom is -0.393 e. The fourth-order valence-corrected chi connectivity index (χ4v) is 2.59. The normalized spacial score (nSPS) is 24.1. The summed E-state index contributed by atoms with van der Waals surface area (Å²) in [5.74, 6) is 0.940. The molecule has 3 heteroatoms. The van der Waals surface area contributed by atoms with Crippen LogP contribution in [-0.2, 0) is 0 Å². The average molecular weight is 242 g/mol. The second-order valence-electron chi connectivity index (χ2n) is 5.07. The molecule has 2 aromatic rings. The zero-order chi connectivity index (χ0) is 12.4. The third kappa shape index (κ3) is 2.46. The molecule has 1 saturated carbocycles. The Kier molecular flexibility index (Phi) is 3.15. The second-order valence-corrected chi connectivity index (χ2v) is 5.07. The number of hydrogen-bond donors (Lipinski definition) is 2. The molecule has 0 saturated heterocycles. The van der Waals surface area contributed by atoms with E-state index in [9.17, 15) is 5.11 Å². The number of aliphatic hydroxyl groups is 1. The number of aromatic nitrogens is 1. The Bertz CT molecular complexity index is 533. The lowest BCUT2D eigenvalue weighted by Crippen LogP contribution is -2.28. The topological polar surface area (TPSA) is 45.1 Å². The van der Waals surface area contributed by atoms with Gasteiger partial charge in [0.25, 0.3) is 0 Å². The smallest absolute Gasteiger partial charge is 0.126 e. The predicted octanol–water partition coefficient (Wildman–Crippen LogP) is 2.95. The molecule has 1 aromatic carbocycles. The van der Waals surface area contributed by atoms with E-state index in [0.29, 0.717) is 6.04 Å². The third-order valence-corrected chi connectivity index (χ3v) is 3.68. The molecule has 1 heterocycles. The first-order valence-electron chi connectivity index (χ1n) is 6.61. The van der Waals surface area contributed by atoms with Crippen LogP contribution in [0.4, 0.5) is 5.82 Å². The quantitative estimate of drug-likeness (QED) is 0.851. The number of rotatable bonds is 2. The van der Waals surface area contributed by atoms with Crippen molar-refractivity contribution in [2.24, 2.45) is 0 Å². The number of pyridine rings is 1. The first-order valence-corrected chi connectivity index (χ1v) is 6.61. The van der Waals surface area contributed by atoms with Gasteiger partial charge < -0.3 is 10.4 Å². The summed E-state index contributed by atoms with van der Waals surface area (Å²) in [5, 5.41) is 15.3. The molecule has 3 rings (SSSR count). The molecule has 0 atom stereocenters. The molecular formula is C15H18N2O. The highest BCUT2D eigenvalue weighted by Gasteiger charge is 2.19. The first kappa shape index (κ1) is 11.5. The standard InChI is InChI=1S/C15H18N2O/c18-14-7-5-13(6-8-14)17-15-9-11-3-1-2-4-12(11)10-16-15/h1-4,9-10,13-14,18H,5-8H2,(H,16,17)/t13-,14-. The molecule has 0 radical (unpaired) electrons. The Morgan fingerprint density at radius 1 is 1.06 bits per heavy atom. The van der Waals surface area contributed by atoms with Gasteiger partial charge in [0.2, 0.25) is 0 Å². The first-order chi connectivity index (χ1) is 8.81. The molecule has 94 valence electrons. The molecule has 1 aliphatic rings. The van der Waals surface area contributed by atoms with Crippen molar-refractivity contribution in [3.8, 4) is 0 Å². The van der Waals surface area contributed by atoms with Crippen molar-refractivity contribution < 1.29 is 5.11 Å². The van der Waals surface area contributed by atoms with Gasteiger partial charge >= 0.3 is 0 Å². The third-order valence-electron chi connectivity index (χ3n) is 3.68. The zero-order valence-corrected chi connectivity index (χ0v) is 10.3. The Balaban J connectivity index is 1.74. The van der Waals surface area contributed by atoms with Crippen LogP contribution in [0, 0.1) is 0 Å². The van der Waals surface area contributed by atoms with Crippen molar-refractivity contribution in [1.82, 2.24) is 4.98 Å². The van der Waals surface area contributed by atoms with E-state index in [1.807, 2.05) is 18.3 Å². The molecule has 1 aliphatic carbocycles. The van der Waals surface area contributed by atoms with E-state index >= 15 is 0 Å². The highest BCUT2D eigenvalue weighted by atomic mass is 16.3. The Labute approximate surface area is 107 Å². The van der Waals surface area contributed by atoms with Crippen LogP contribution >= 0.6 is 0 Å². The average Bonchev–Trinajstić information content (AvgIpc) is 2.41. The molecular weight excluding hydrogens is 224 g/mol. The maximum Gasteiger partial charge on any atom is 0.126 e. The molecule has 2 N–H and O–H groups in total. The van der Waals surface area contributed by atoms with Gasteiger partial charge in [-0.1, -0.05) is 24.3 Å². The predicted molar refractivity (Wildman–Crippen MR) is 73.6 cm³/mol. The highest BCUT2D eigenvalue weighted by molar-refractivity contribution is 5.83. The van der Waals surface area contributed by atoms with E-state index in [1.165, 1.54) is 10.8 Å². The summed E-state index contributed by atoms with van der Waals surface area (Å²) < 4.78 is 0. The van der Waals surface area contributed by atoms with Gasteiger partial charge in [0.15, 0.2) is 0 Å². The summed E-state index contributed by atoms with van der Waals surface area (Å²) in [4.78, 5) is 4.45. The molecule has 1 fully saturated rings. The van der Waals surface area contributed by atoms with Crippen LogP contribution in [0.15, 0.2) is 36.5 Å². The monoisotopic (exact) mass is 242 g/mol. The summed E-state index contributed by atoms with van der Waals surface area (Å²) in [5.41, 5.74) is 0. The van der Waals surface area contributed by atoms with Gasteiger partial charge in [-0.3, -0.25) is 0 Å². The van der Waals surface area contributed by atoms with Crippen LogP contribution in [0.25, 0.3) is 10.8 Å². The van der Waals surface area contributed by atoms with Gasteiger partial charge in [0, 0.05) is 17.6 Å². The summed E-state index contributed by atoms with van der Waals surface area (Å²) in [6.07, 6.45) is 5.64. The number of hydrogen-bond acceptors (Lipinski definition) is 3. The van der Waals surface area contributed by atoms with E-state index in [2.05, 4.69) is 28.5 Å². The van der Waals surface area contributed by atoms with Crippen molar-refractivity contribution in [2.45, 2.75) is 37.8 Å². The highest BCUT2D eigenvalue weighted by Crippen LogP contribution is 2.23. The second kappa shape index (κ2) is 4.94. The van der Waals surface area contributed by atoms with E-state index < -0.39 is 0 Å². The van der Waals surface area contributed by atoms with Crippen molar-refractivity contribution in [3.05, 3.63) is 36.5 Å². The molecule has 0 aliphatic heterocycles. The minimum atomic E-state index is -0.104. The number of fused-ring (bicyclic) bond motifs is 1. The van der Waals surface area contributed by atoms with Gasteiger partial charge in [-0.25, -0.2) is 4.98 Å². The van der Waals surface area contributed by atoms with Crippen molar-refractivity contribution in [2.75, 3.05) is 5.32 Å². The van der Waals surface area contributed by atoms with E-state index in [0.717, 1.165) is 31.5 Å². The number of anilines is 1. The lowest BCUT2D eigenvalue weighted by atomic mass is 9.93. The van der Waals surface area contributed by atoms with E-state index in [1.54, 1.807) is 0 Å². The molecule has 0 amide bonds. The number of nitrogens with zero attached hydrogens (tertiary/aromatic N) is 1. The van der Waals surface area contributed by atoms with Crippen LogP contribution in [0.3, 0.4) is 0 Å². The number of aliphatic hydroxyl groups excluding tert-OH is 1. The summed E-state index contributed by atoms with van der Waals surface area (Å²) in [6.45, 7) is 0. The zero-order valence-electron chi connectivity index (χ0n) is 10.3. The summed E-state index contributed by atoms with van der Waals surface area (Å²) in [6, 6.07) is 10.8. The maximum absolute atomic E-state index is 9.49. The van der Waals surface area contributed by atoms with Crippen molar-refractivity contribution in [1.29, 1.82) is 0 Å². The Hall–Kier alpha value is -1.61. The van der Waals surface area contributed by atoms with Gasteiger partial charge in [-0.2, -0.15) is 0 Å². The largest absolute Gasteiger partial charge is 0.393 e. The van der Waals surface area contributed by atoms with E-state index in [4.69, 9.17) is 0 Å². The van der Waals surface area contributed by atoms with Crippen LogP contribution in [-0.4, -0.2) is 22.2 Å². The Morgan fingerprint density at radius 2 is 1.78 bits per heavy atom. The Morgan fingerprint density at radius 3 is 2.56 bits per heavy atom. The minimum absolute atomic E-state index is 0.104. The van der Waals surface area contributed by atoms with Gasteiger partial charge in [-0.05, 0) is 37.1 Å². The number of benzene rings is 1. The molecule has 18 heavy (non-hydrogen) atoms. The van der Waals surface area contributed by atoms with Crippen LogP contribution < -0.4 is 5.32 Å². The summed E-state index contributed by atoms with van der Waals surface area (Å²) >= 11 is 0. The molecule has 3 nitrogen and oxygen atoms in total. The molecule has 1 aromatic heterocycles.